The zero-order valence-corrected chi connectivity index (χ0v) is 21.4. The summed E-state index contributed by atoms with van der Waals surface area (Å²) in [4.78, 5) is 6.64. The van der Waals surface area contributed by atoms with Gasteiger partial charge in [-0.1, -0.05) is 17.7 Å². The Bertz CT molecular complexity index is 897. The minimum absolute atomic E-state index is 0. The Morgan fingerprint density at radius 1 is 1.06 bits per heavy atom. The van der Waals surface area contributed by atoms with Crippen LogP contribution in [0.5, 0.6) is 17.2 Å². The summed E-state index contributed by atoms with van der Waals surface area (Å²) in [6, 6.07) is 11.8. The van der Waals surface area contributed by atoms with Gasteiger partial charge in [-0.2, -0.15) is 0 Å². The normalized spacial score (nSPS) is 15.8. The number of nitrogens with one attached hydrogen (secondary N) is 2. The van der Waals surface area contributed by atoms with Crippen LogP contribution in [0, 0.1) is 0 Å². The molecule has 0 aromatic heterocycles. The zero-order valence-electron chi connectivity index (χ0n) is 18.3. The van der Waals surface area contributed by atoms with E-state index in [1.54, 1.807) is 28.4 Å². The molecule has 7 nitrogen and oxygen atoms in total. The van der Waals surface area contributed by atoms with E-state index in [0.717, 1.165) is 42.5 Å². The fourth-order valence-electron chi connectivity index (χ4n) is 3.57. The van der Waals surface area contributed by atoms with E-state index in [-0.39, 0.29) is 30.0 Å². The molecule has 2 aromatic carbocycles. The number of aliphatic imine (C=N–C) groups is 1. The van der Waals surface area contributed by atoms with Gasteiger partial charge in [0, 0.05) is 37.7 Å². The van der Waals surface area contributed by atoms with Crippen LogP contribution in [0.1, 0.15) is 12.0 Å². The number of ether oxygens (including phenoxy) is 3. The van der Waals surface area contributed by atoms with Crippen LogP contribution < -0.4 is 29.7 Å². The highest BCUT2D eigenvalue weighted by Gasteiger charge is 2.25. The highest BCUT2D eigenvalue weighted by molar-refractivity contribution is 14.0. The predicted octanol–water partition coefficient (Wildman–Crippen LogP) is 3.93. The van der Waals surface area contributed by atoms with E-state index in [0.29, 0.717) is 23.1 Å². The van der Waals surface area contributed by atoms with Gasteiger partial charge in [0.1, 0.15) is 5.75 Å². The second-order valence-electron chi connectivity index (χ2n) is 7.01. The van der Waals surface area contributed by atoms with Gasteiger partial charge in [-0.3, -0.25) is 4.99 Å². The number of halogens is 2. The van der Waals surface area contributed by atoms with Gasteiger partial charge >= 0.3 is 0 Å². The standard InChI is InChI=1S/C22H29ClN4O3.HI/c1-24-22(25-13-15-5-7-20(29-3)21(11-15)30-4)26-17-9-10-27(14-17)18-12-16(23)6-8-19(18)28-2;/h5-8,11-12,17H,9-10,13-14H2,1-4H3,(H2,24,25,26);1H. The Labute approximate surface area is 206 Å². The number of guanidine groups is 1. The maximum absolute atomic E-state index is 6.19. The molecule has 0 bridgehead atoms. The molecule has 0 amide bonds. The molecule has 0 spiro atoms. The van der Waals surface area contributed by atoms with E-state index in [9.17, 15) is 0 Å². The number of nitrogens with zero attached hydrogens (tertiary/aromatic N) is 2. The molecule has 1 saturated heterocycles. The second-order valence-corrected chi connectivity index (χ2v) is 7.44. The Balaban J connectivity index is 0.00000341. The Kier molecular flexibility index (Phi) is 9.83. The van der Waals surface area contributed by atoms with Gasteiger partial charge in [-0.25, -0.2) is 0 Å². The van der Waals surface area contributed by atoms with Crippen LogP contribution in [-0.4, -0.2) is 53.5 Å². The lowest BCUT2D eigenvalue weighted by Gasteiger charge is -2.22. The Morgan fingerprint density at radius 2 is 1.77 bits per heavy atom. The smallest absolute Gasteiger partial charge is 0.191 e. The first kappa shape index (κ1) is 25.2. The summed E-state index contributed by atoms with van der Waals surface area (Å²) in [7, 11) is 6.72. The average Bonchev–Trinajstić information content (AvgIpc) is 3.24. The molecule has 1 aliphatic rings. The highest BCUT2D eigenvalue weighted by Crippen LogP contribution is 2.33. The summed E-state index contributed by atoms with van der Waals surface area (Å²) in [6.45, 7) is 2.38. The fraction of sp³-hybridized carbons (Fsp3) is 0.409. The molecule has 1 heterocycles. The minimum Gasteiger partial charge on any atom is -0.495 e. The van der Waals surface area contributed by atoms with Gasteiger partial charge < -0.3 is 29.7 Å². The van der Waals surface area contributed by atoms with Crippen molar-refractivity contribution >= 4 is 47.2 Å². The van der Waals surface area contributed by atoms with Gasteiger partial charge in [0.25, 0.3) is 0 Å². The quantitative estimate of drug-likeness (QED) is 0.304. The number of anilines is 1. The Hall–Kier alpha value is -2.07. The molecule has 0 aliphatic carbocycles. The third kappa shape index (κ3) is 6.46. The first-order valence-corrected chi connectivity index (χ1v) is 10.2. The lowest BCUT2D eigenvalue weighted by atomic mass is 10.2. The molecule has 1 aliphatic heterocycles. The summed E-state index contributed by atoms with van der Waals surface area (Å²) in [5.74, 6) is 3.01. The van der Waals surface area contributed by atoms with Crippen molar-refractivity contribution < 1.29 is 14.2 Å². The van der Waals surface area contributed by atoms with Crippen molar-refractivity contribution in [3.63, 3.8) is 0 Å². The van der Waals surface area contributed by atoms with Crippen molar-refractivity contribution in [2.45, 2.75) is 19.0 Å². The lowest BCUT2D eigenvalue weighted by Crippen LogP contribution is -2.44. The largest absolute Gasteiger partial charge is 0.495 e. The van der Waals surface area contributed by atoms with E-state index in [1.807, 2.05) is 36.4 Å². The predicted molar refractivity (Wildman–Crippen MR) is 137 cm³/mol. The third-order valence-corrected chi connectivity index (χ3v) is 5.38. The van der Waals surface area contributed by atoms with Crippen LogP contribution in [0.3, 0.4) is 0 Å². The molecule has 2 aromatic rings. The average molecular weight is 561 g/mol. The van der Waals surface area contributed by atoms with Gasteiger partial charge in [0.05, 0.1) is 27.0 Å². The number of methoxy groups -OCH3 is 3. The lowest BCUT2D eigenvalue weighted by molar-refractivity contribution is 0.354. The van der Waals surface area contributed by atoms with Gasteiger partial charge in [0.2, 0.25) is 0 Å². The van der Waals surface area contributed by atoms with Crippen molar-refractivity contribution in [2.24, 2.45) is 4.99 Å². The van der Waals surface area contributed by atoms with Crippen LogP contribution in [0.25, 0.3) is 0 Å². The molecule has 1 fully saturated rings. The van der Waals surface area contributed by atoms with Gasteiger partial charge in [-0.05, 0) is 42.3 Å². The molecule has 0 saturated carbocycles. The van der Waals surface area contributed by atoms with Crippen molar-refractivity contribution in [2.75, 3.05) is 46.4 Å². The van der Waals surface area contributed by atoms with E-state index < -0.39 is 0 Å². The Morgan fingerprint density at radius 3 is 2.45 bits per heavy atom. The first-order chi connectivity index (χ1) is 14.6. The summed E-state index contributed by atoms with van der Waals surface area (Å²) in [6.07, 6.45) is 0.993. The second kappa shape index (κ2) is 12.1. The number of benzene rings is 2. The van der Waals surface area contributed by atoms with Crippen molar-refractivity contribution in [1.29, 1.82) is 0 Å². The molecule has 0 radical (unpaired) electrons. The van der Waals surface area contributed by atoms with E-state index in [4.69, 9.17) is 25.8 Å². The summed E-state index contributed by atoms with van der Waals surface area (Å²) >= 11 is 6.19. The molecule has 2 N–H and O–H groups in total. The SMILES string of the molecule is CN=C(NCc1ccc(OC)c(OC)c1)NC1CCN(c2cc(Cl)ccc2OC)C1.I. The number of hydrogen-bond acceptors (Lipinski definition) is 5. The van der Waals surface area contributed by atoms with Gasteiger partial charge in [0.15, 0.2) is 17.5 Å². The van der Waals surface area contributed by atoms with E-state index in [1.165, 1.54) is 0 Å². The zero-order chi connectivity index (χ0) is 21.5. The van der Waals surface area contributed by atoms with Crippen molar-refractivity contribution in [1.82, 2.24) is 10.6 Å². The molecular weight excluding hydrogens is 531 g/mol. The summed E-state index contributed by atoms with van der Waals surface area (Å²) in [5.41, 5.74) is 2.09. The van der Waals surface area contributed by atoms with Crippen LogP contribution in [0.15, 0.2) is 41.4 Å². The van der Waals surface area contributed by atoms with Gasteiger partial charge in [-0.15, -0.1) is 24.0 Å². The number of rotatable bonds is 7. The molecular formula is C22H30ClIN4O3. The molecule has 170 valence electrons. The maximum Gasteiger partial charge on any atom is 0.191 e. The van der Waals surface area contributed by atoms with E-state index in [2.05, 4.69) is 20.5 Å². The number of hydrogen-bond donors (Lipinski definition) is 2. The van der Waals surface area contributed by atoms with Crippen LogP contribution in [-0.2, 0) is 6.54 Å². The maximum atomic E-state index is 6.19. The topological polar surface area (TPSA) is 67.4 Å². The van der Waals surface area contributed by atoms with Crippen molar-refractivity contribution in [3.05, 3.63) is 47.0 Å². The minimum atomic E-state index is 0. The monoisotopic (exact) mass is 560 g/mol. The van der Waals surface area contributed by atoms with Crippen LogP contribution >= 0.6 is 35.6 Å². The van der Waals surface area contributed by atoms with Crippen molar-refractivity contribution in [3.8, 4) is 17.2 Å². The molecule has 3 rings (SSSR count). The summed E-state index contributed by atoms with van der Waals surface area (Å²) < 4.78 is 16.2. The molecule has 1 atom stereocenters. The highest BCUT2D eigenvalue weighted by atomic mass is 127. The molecule has 9 heteroatoms. The first-order valence-electron chi connectivity index (χ1n) is 9.84. The van der Waals surface area contributed by atoms with Crippen LogP contribution in [0.4, 0.5) is 5.69 Å². The van der Waals surface area contributed by atoms with Crippen LogP contribution in [0.2, 0.25) is 5.02 Å². The van der Waals surface area contributed by atoms with E-state index >= 15 is 0 Å². The molecule has 1 unspecified atom stereocenters. The summed E-state index contributed by atoms with van der Waals surface area (Å²) in [5, 5.41) is 7.58. The third-order valence-electron chi connectivity index (χ3n) is 5.14. The fourth-order valence-corrected chi connectivity index (χ4v) is 3.74. The molecule has 31 heavy (non-hydrogen) atoms.